The SMILES string of the molecule is CC=CCCCCCOc1ccc(-c2ccc(-c3ccc(C#N)cc3)cc2)nc1. The number of hydrogen-bond donors (Lipinski definition) is 0. The van der Waals surface area contributed by atoms with Crippen LogP contribution in [-0.4, -0.2) is 11.6 Å². The van der Waals surface area contributed by atoms with Crippen molar-refractivity contribution in [1.29, 1.82) is 5.26 Å². The van der Waals surface area contributed by atoms with E-state index in [1.165, 1.54) is 12.8 Å². The van der Waals surface area contributed by atoms with E-state index in [1.807, 2.05) is 36.4 Å². The van der Waals surface area contributed by atoms with E-state index < -0.39 is 0 Å². The number of unbranched alkanes of at least 4 members (excludes halogenated alkanes) is 3. The van der Waals surface area contributed by atoms with Gasteiger partial charge in [-0.25, -0.2) is 0 Å². The van der Waals surface area contributed by atoms with Crippen molar-refractivity contribution in [2.24, 2.45) is 0 Å². The van der Waals surface area contributed by atoms with Gasteiger partial charge >= 0.3 is 0 Å². The van der Waals surface area contributed by atoms with Crippen molar-refractivity contribution in [1.82, 2.24) is 4.98 Å². The summed E-state index contributed by atoms with van der Waals surface area (Å²) in [6, 6.07) is 22.0. The van der Waals surface area contributed by atoms with Crippen LogP contribution >= 0.6 is 0 Å². The van der Waals surface area contributed by atoms with Crippen molar-refractivity contribution in [2.45, 2.75) is 32.6 Å². The average Bonchev–Trinajstić information content (AvgIpc) is 2.79. The summed E-state index contributed by atoms with van der Waals surface area (Å²) in [5, 5.41) is 8.91. The molecule has 2 aromatic carbocycles. The molecule has 0 spiro atoms. The minimum Gasteiger partial charge on any atom is -0.492 e. The summed E-state index contributed by atoms with van der Waals surface area (Å²) < 4.78 is 5.80. The molecule has 3 nitrogen and oxygen atoms in total. The van der Waals surface area contributed by atoms with Crippen LogP contribution in [0.1, 0.15) is 38.2 Å². The molecule has 0 unspecified atom stereocenters. The number of hydrogen-bond acceptors (Lipinski definition) is 3. The first-order valence-electron chi connectivity index (χ1n) is 10.1. The summed E-state index contributed by atoms with van der Waals surface area (Å²) in [5.74, 6) is 0.816. The van der Waals surface area contributed by atoms with Gasteiger partial charge in [0.2, 0.25) is 0 Å². The smallest absolute Gasteiger partial charge is 0.137 e. The van der Waals surface area contributed by atoms with Gasteiger partial charge in [0, 0.05) is 5.56 Å². The predicted octanol–water partition coefficient (Wildman–Crippen LogP) is 6.80. The lowest BCUT2D eigenvalue weighted by Crippen LogP contribution is -1.97. The van der Waals surface area contributed by atoms with Crippen molar-refractivity contribution in [3.05, 3.63) is 84.6 Å². The molecule has 0 amide bonds. The van der Waals surface area contributed by atoms with Gasteiger partial charge in [-0.1, -0.05) is 48.6 Å². The van der Waals surface area contributed by atoms with Crippen LogP contribution in [0.2, 0.25) is 0 Å². The third-order valence-corrected chi connectivity index (χ3v) is 4.78. The number of ether oxygens (including phenoxy) is 1. The summed E-state index contributed by atoms with van der Waals surface area (Å²) in [5.41, 5.74) is 4.88. The maximum atomic E-state index is 8.91. The molecule has 0 aliphatic rings. The third-order valence-electron chi connectivity index (χ3n) is 4.78. The van der Waals surface area contributed by atoms with Crippen LogP contribution in [-0.2, 0) is 0 Å². The standard InChI is InChI=1S/C26H26N2O/c1-2-3-4-5-6-7-18-29-25-16-17-26(28-20-25)24-14-12-23(13-15-24)22-10-8-21(19-27)9-11-22/h2-3,8-17,20H,4-7,18H2,1H3. The first-order chi connectivity index (χ1) is 14.3. The molecule has 0 aliphatic heterocycles. The van der Waals surface area contributed by atoms with Crippen LogP contribution in [0.5, 0.6) is 5.75 Å². The fourth-order valence-electron chi connectivity index (χ4n) is 3.10. The third kappa shape index (κ3) is 6.05. The highest BCUT2D eigenvalue weighted by molar-refractivity contribution is 5.69. The summed E-state index contributed by atoms with van der Waals surface area (Å²) in [6.07, 6.45) is 10.7. The number of pyridine rings is 1. The largest absolute Gasteiger partial charge is 0.492 e. The molecular formula is C26H26N2O. The second-order valence-corrected chi connectivity index (χ2v) is 6.91. The second kappa shape index (κ2) is 10.8. The minimum atomic E-state index is 0.672. The molecule has 0 aliphatic carbocycles. The topological polar surface area (TPSA) is 45.9 Å². The summed E-state index contributed by atoms with van der Waals surface area (Å²) in [7, 11) is 0. The molecule has 29 heavy (non-hydrogen) atoms. The Morgan fingerprint density at radius 2 is 1.55 bits per heavy atom. The van der Waals surface area contributed by atoms with Crippen LogP contribution in [0, 0.1) is 11.3 Å². The number of nitriles is 1. The van der Waals surface area contributed by atoms with Crippen LogP contribution in [0.25, 0.3) is 22.4 Å². The van der Waals surface area contributed by atoms with Gasteiger partial charge in [0.25, 0.3) is 0 Å². The molecule has 0 saturated carbocycles. The monoisotopic (exact) mass is 382 g/mol. The van der Waals surface area contributed by atoms with Gasteiger partial charge in [-0.2, -0.15) is 5.26 Å². The molecule has 0 fully saturated rings. The van der Waals surface area contributed by atoms with Crippen LogP contribution in [0.15, 0.2) is 79.0 Å². The zero-order valence-corrected chi connectivity index (χ0v) is 16.8. The van der Waals surface area contributed by atoms with Gasteiger partial charge in [-0.05, 0) is 68.0 Å². The van der Waals surface area contributed by atoms with E-state index in [2.05, 4.69) is 54.4 Å². The Bertz CT molecular complexity index is 950. The Morgan fingerprint density at radius 1 is 0.862 bits per heavy atom. The van der Waals surface area contributed by atoms with Crippen LogP contribution < -0.4 is 4.74 Å². The number of benzene rings is 2. The number of allylic oxidation sites excluding steroid dienone is 2. The van der Waals surface area contributed by atoms with Gasteiger partial charge < -0.3 is 4.74 Å². The Hall–Kier alpha value is -3.38. The molecule has 3 aromatic rings. The van der Waals surface area contributed by atoms with E-state index in [-0.39, 0.29) is 0 Å². The summed E-state index contributed by atoms with van der Waals surface area (Å²) in [6.45, 7) is 2.79. The second-order valence-electron chi connectivity index (χ2n) is 6.91. The normalized spacial score (nSPS) is 10.8. The lowest BCUT2D eigenvalue weighted by atomic mass is 10.0. The maximum Gasteiger partial charge on any atom is 0.137 e. The van der Waals surface area contributed by atoms with Gasteiger partial charge in [0.15, 0.2) is 0 Å². The molecule has 3 heteroatoms. The highest BCUT2D eigenvalue weighted by Crippen LogP contribution is 2.25. The fourth-order valence-corrected chi connectivity index (χ4v) is 3.10. The van der Waals surface area contributed by atoms with Crippen LogP contribution in [0.4, 0.5) is 0 Å². The molecule has 0 saturated heterocycles. The van der Waals surface area contributed by atoms with E-state index in [4.69, 9.17) is 10.00 Å². The molecule has 0 atom stereocenters. The van der Waals surface area contributed by atoms with Gasteiger partial charge in [0.1, 0.15) is 5.75 Å². The predicted molar refractivity (Wildman–Crippen MR) is 119 cm³/mol. The Labute approximate surface area is 173 Å². The van der Waals surface area contributed by atoms with Crippen molar-refractivity contribution in [3.63, 3.8) is 0 Å². The molecule has 0 N–H and O–H groups in total. The van der Waals surface area contributed by atoms with E-state index >= 15 is 0 Å². The fraction of sp³-hybridized carbons (Fsp3) is 0.231. The van der Waals surface area contributed by atoms with Gasteiger partial charge in [0.05, 0.1) is 30.1 Å². The van der Waals surface area contributed by atoms with Crippen LogP contribution in [0.3, 0.4) is 0 Å². The van der Waals surface area contributed by atoms with Gasteiger partial charge in [-0.15, -0.1) is 0 Å². The summed E-state index contributed by atoms with van der Waals surface area (Å²) in [4.78, 5) is 4.54. The molecule has 0 radical (unpaired) electrons. The highest BCUT2D eigenvalue weighted by Gasteiger charge is 2.03. The number of rotatable bonds is 9. The molecular weight excluding hydrogens is 356 g/mol. The molecule has 0 bridgehead atoms. The highest BCUT2D eigenvalue weighted by atomic mass is 16.5. The first kappa shape index (κ1) is 20.4. The van der Waals surface area contributed by atoms with Crippen molar-refractivity contribution in [2.75, 3.05) is 6.61 Å². The Balaban J connectivity index is 1.53. The average molecular weight is 383 g/mol. The van der Waals surface area contributed by atoms with E-state index in [0.717, 1.165) is 47.6 Å². The minimum absolute atomic E-state index is 0.672. The quantitative estimate of drug-likeness (QED) is 0.302. The van der Waals surface area contributed by atoms with Gasteiger partial charge in [-0.3, -0.25) is 4.98 Å². The lowest BCUT2D eigenvalue weighted by molar-refractivity contribution is 0.304. The molecule has 3 rings (SSSR count). The summed E-state index contributed by atoms with van der Waals surface area (Å²) >= 11 is 0. The molecule has 146 valence electrons. The van der Waals surface area contributed by atoms with E-state index in [9.17, 15) is 0 Å². The molecule has 1 heterocycles. The van der Waals surface area contributed by atoms with Crippen molar-refractivity contribution in [3.8, 4) is 34.2 Å². The zero-order valence-electron chi connectivity index (χ0n) is 16.8. The number of aromatic nitrogens is 1. The van der Waals surface area contributed by atoms with Crippen molar-refractivity contribution >= 4 is 0 Å². The lowest BCUT2D eigenvalue weighted by Gasteiger charge is -2.07. The van der Waals surface area contributed by atoms with E-state index in [1.54, 1.807) is 6.20 Å². The number of nitrogens with zero attached hydrogens (tertiary/aromatic N) is 2. The van der Waals surface area contributed by atoms with E-state index in [0.29, 0.717) is 5.56 Å². The molecule has 1 aromatic heterocycles. The van der Waals surface area contributed by atoms with Crippen molar-refractivity contribution < 1.29 is 4.74 Å². The Morgan fingerprint density at radius 3 is 2.17 bits per heavy atom. The first-order valence-corrected chi connectivity index (χ1v) is 10.1. The maximum absolute atomic E-state index is 8.91. The zero-order chi connectivity index (χ0) is 20.3. The Kier molecular flexibility index (Phi) is 7.60.